The Morgan fingerprint density at radius 2 is 1.72 bits per heavy atom. The third-order valence-electron chi connectivity index (χ3n) is 4.49. The summed E-state index contributed by atoms with van der Waals surface area (Å²) in [6.45, 7) is 14.2. The molecule has 0 radical (unpaired) electrons. The van der Waals surface area contributed by atoms with Gasteiger partial charge in [0.1, 0.15) is 12.4 Å². The van der Waals surface area contributed by atoms with E-state index in [0.29, 0.717) is 28.1 Å². The van der Waals surface area contributed by atoms with E-state index in [-0.39, 0.29) is 23.9 Å². The number of amides is 3. The Hall–Kier alpha value is -2.25. The lowest BCUT2D eigenvalue weighted by Gasteiger charge is -2.27. The highest BCUT2D eigenvalue weighted by Crippen LogP contribution is 2.29. The van der Waals surface area contributed by atoms with E-state index in [1.54, 1.807) is 22.9 Å². The molecule has 0 atom stereocenters. The Morgan fingerprint density at radius 1 is 1.06 bits per heavy atom. The number of benzene rings is 1. The SMILES string of the molecule is CCCN(CC(=O)Nc1cc(C(C)(C)C)nn1-c1ccc(Cl)c(Cl)c1)C(=O)NC(C)(C)C. The summed E-state index contributed by atoms with van der Waals surface area (Å²) in [6, 6.07) is 6.72. The number of aromatic nitrogens is 2. The molecule has 1 aromatic carbocycles. The van der Waals surface area contributed by atoms with Crippen molar-refractivity contribution >= 4 is 41.0 Å². The van der Waals surface area contributed by atoms with Gasteiger partial charge in [0.05, 0.1) is 21.4 Å². The Balaban J connectivity index is 2.31. The highest BCUT2D eigenvalue weighted by molar-refractivity contribution is 6.42. The number of nitrogens with one attached hydrogen (secondary N) is 2. The molecule has 7 nitrogen and oxygen atoms in total. The molecule has 0 aliphatic heterocycles. The molecule has 0 aliphatic carbocycles. The van der Waals surface area contributed by atoms with Crippen LogP contribution in [0.2, 0.25) is 10.0 Å². The zero-order chi connectivity index (χ0) is 24.3. The second-order valence-electron chi connectivity index (χ2n) is 9.82. The zero-order valence-corrected chi connectivity index (χ0v) is 21.4. The smallest absolute Gasteiger partial charge is 0.318 e. The molecule has 0 saturated heterocycles. The Kier molecular flexibility index (Phi) is 8.23. The molecule has 2 rings (SSSR count). The maximum absolute atomic E-state index is 12.9. The number of hydrogen-bond acceptors (Lipinski definition) is 3. The predicted octanol–water partition coefficient (Wildman–Crippen LogP) is 5.64. The van der Waals surface area contributed by atoms with Gasteiger partial charge in [0.15, 0.2) is 0 Å². The average molecular weight is 482 g/mol. The van der Waals surface area contributed by atoms with Gasteiger partial charge in [-0.05, 0) is 45.4 Å². The quantitative estimate of drug-likeness (QED) is 0.560. The van der Waals surface area contributed by atoms with Crippen molar-refractivity contribution in [3.63, 3.8) is 0 Å². The zero-order valence-electron chi connectivity index (χ0n) is 19.8. The van der Waals surface area contributed by atoms with Gasteiger partial charge in [-0.15, -0.1) is 0 Å². The lowest BCUT2D eigenvalue weighted by molar-refractivity contribution is -0.116. The summed E-state index contributed by atoms with van der Waals surface area (Å²) in [4.78, 5) is 27.0. The van der Waals surface area contributed by atoms with E-state index in [1.165, 1.54) is 4.90 Å². The van der Waals surface area contributed by atoms with Crippen molar-refractivity contribution in [1.29, 1.82) is 0 Å². The van der Waals surface area contributed by atoms with Crippen LogP contribution >= 0.6 is 23.2 Å². The van der Waals surface area contributed by atoms with E-state index in [2.05, 4.69) is 15.7 Å². The Labute approximate surface area is 200 Å². The van der Waals surface area contributed by atoms with Crippen LogP contribution in [0.5, 0.6) is 0 Å². The molecule has 0 spiro atoms. The number of halogens is 2. The van der Waals surface area contributed by atoms with Crippen molar-refractivity contribution in [2.24, 2.45) is 0 Å². The van der Waals surface area contributed by atoms with Gasteiger partial charge in [-0.3, -0.25) is 4.79 Å². The molecule has 2 N–H and O–H groups in total. The fourth-order valence-electron chi connectivity index (χ4n) is 2.93. The van der Waals surface area contributed by atoms with Gasteiger partial charge in [0, 0.05) is 23.6 Å². The van der Waals surface area contributed by atoms with Gasteiger partial charge >= 0.3 is 6.03 Å². The monoisotopic (exact) mass is 481 g/mol. The minimum absolute atomic E-state index is 0.0762. The first-order valence-corrected chi connectivity index (χ1v) is 11.4. The number of carbonyl (C=O) groups is 2. The summed E-state index contributed by atoms with van der Waals surface area (Å²) in [6.07, 6.45) is 0.736. The van der Waals surface area contributed by atoms with Crippen molar-refractivity contribution in [3.8, 4) is 5.69 Å². The molecule has 176 valence electrons. The second-order valence-corrected chi connectivity index (χ2v) is 10.6. The number of urea groups is 1. The summed E-state index contributed by atoms with van der Waals surface area (Å²) >= 11 is 12.3. The minimum Gasteiger partial charge on any atom is -0.333 e. The molecule has 32 heavy (non-hydrogen) atoms. The van der Waals surface area contributed by atoms with Crippen LogP contribution in [-0.2, 0) is 10.2 Å². The average Bonchev–Trinajstić information content (AvgIpc) is 3.06. The topological polar surface area (TPSA) is 79.3 Å². The summed E-state index contributed by atoms with van der Waals surface area (Å²) in [5.74, 6) is 0.176. The van der Waals surface area contributed by atoms with Crippen LogP contribution in [0.3, 0.4) is 0 Å². The molecule has 0 bridgehead atoms. The van der Waals surface area contributed by atoms with E-state index in [0.717, 1.165) is 12.1 Å². The van der Waals surface area contributed by atoms with Crippen LogP contribution in [0.1, 0.15) is 60.6 Å². The highest BCUT2D eigenvalue weighted by Gasteiger charge is 2.24. The number of nitrogens with zero attached hydrogens (tertiary/aromatic N) is 3. The van der Waals surface area contributed by atoms with Gasteiger partial charge in [0.2, 0.25) is 5.91 Å². The lowest BCUT2D eigenvalue weighted by Crippen LogP contribution is -2.50. The molecule has 9 heteroatoms. The van der Waals surface area contributed by atoms with Crippen molar-refractivity contribution in [2.45, 2.75) is 65.8 Å². The molecular formula is C23H33Cl2N5O2. The maximum atomic E-state index is 12.9. The first-order chi connectivity index (χ1) is 14.7. The Bertz CT molecular complexity index is 974. The number of rotatable bonds is 6. The maximum Gasteiger partial charge on any atom is 0.318 e. The molecule has 2 aromatic rings. The van der Waals surface area contributed by atoms with Crippen LogP contribution in [0.15, 0.2) is 24.3 Å². The van der Waals surface area contributed by atoms with Gasteiger partial charge in [-0.1, -0.05) is 50.9 Å². The van der Waals surface area contributed by atoms with Crippen LogP contribution < -0.4 is 10.6 Å². The second kappa shape index (κ2) is 10.1. The summed E-state index contributed by atoms with van der Waals surface area (Å²) in [7, 11) is 0. The van der Waals surface area contributed by atoms with Gasteiger partial charge in [-0.2, -0.15) is 5.10 Å². The number of hydrogen-bond donors (Lipinski definition) is 2. The van der Waals surface area contributed by atoms with E-state index >= 15 is 0 Å². The van der Waals surface area contributed by atoms with E-state index in [9.17, 15) is 9.59 Å². The Morgan fingerprint density at radius 3 is 2.25 bits per heavy atom. The summed E-state index contributed by atoms with van der Waals surface area (Å²) in [5.41, 5.74) is 0.839. The summed E-state index contributed by atoms with van der Waals surface area (Å²) < 4.78 is 1.63. The summed E-state index contributed by atoms with van der Waals surface area (Å²) in [5, 5.41) is 11.3. The van der Waals surface area contributed by atoms with E-state index in [4.69, 9.17) is 23.2 Å². The minimum atomic E-state index is -0.395. The fourth-order valence-corrected chi connectivity index (χ4v) is 3.22. The molecule has 0 fully saturated rings. The predicted molar refractivity (Wildman–Crippen MR) is 131 cm³/mol. The molecular weight excluding hydrogens is 449 g/mol. The van der Waals surface area contributed by atoms with Crippen molar-refractivity contribution in [1.82, 2.24) is 20.0 Å². The molecule has 1 aromatic heterocycles. The van der Waals surface area contributed by atoms with Crippen LogP contribution in [-0.4, -0.2) is 45.2 Å². The first kappa shape index (κ1) is 26.0. The molecule has 1 heterocycles. The largest absolute Gasteiger partial charge is 0.333 e. The van der Waals surface area contributed by atoms with Crippen molar-refractivity contribution < 1.29 is 9.59 Å². The third-order valence-corrected chi connectivity index (χ3v) is 5.23. The van der Waals surface area contributed by atoms with Gasteiger partial charge < -0.3 is 15.5 Å². The van der Waals surface area contributed by atoms with Crippen LogP contribution in [0.4, 0.5) is 10.6 Å². The first-order valence-electron chi connectivity index (χ1n) is 10.6. The van der Waals surface area contributed by atoms with E-state index in [1.807, 2.05) is 54.5 Å². The standard InChI is InChI=1S/C23H33Cl2N5O2/c1-8-11-29(21(32)27-23(5,6)7)14-20(31)26-19-13-18(22(2,3)4)28-30(19)15-9-10-16(24)17(25)12-15/h9-10,12-13H,8,11,14H2,1-7H3,(H,26,31)(H,27,32). The lowest BCUT2D eigenvalue weighted by atomic mass is 9.92. The molecule has 0 saturated carbocycles. The molecule has 0 aliphatic rings. The van der Waals surface area contributed by atoms with E-state index < -0.39 is 5.54 Å². The van der Waals surface area contributed by atoms with Crippen molar-refractivity contribution in [2.75, 3.05) is 18.4 Å². The van der Waals surface area contributed by atoms with Crippen molar-refractivity contribution in [3.05, 3.63) is 40.0 Å². The molecule has 3 amide bonds. The van der Waals surface area contributed by atoms with Gasteiger partial charge in [-0.25, -0.2) is 9.48 Å². The fraction of sp³-hybridized carbons (Fsp3) is 0.522. The highest BCUT2D eigenvalue weighted by atomic mass is 35.5. The number of carbonyl (C=O) groups excluding carboxylic acids is 2. The van der Waals surface area contributed by atoms with Crippen LogP contribution in [0, 0.1) is 0 Å². The normalized spacial score (nSPS) is 11.9. The number of anilines is 1. The van der Waals surface area contributed by atoms with Crippen LogP contribution in [0.25, 0.3) is 5.69 Å². The van der Waals surface area contributed by atoms with Gasteiger partial charge in [0.25, 0.3) is 0 Å². The molecule has 0 unspecified atom stereocenters. The third kappa shape index (κ3) is 7.14.